The summed E-state index contributed by atoms with van der Waals surface area (Å²) in [5.41, 5.74) is 5.07. The second-order valence-corrected chi connectivity index (χ2v) is 5.35. The Balaban J connectivity index is 1.93. The van der Waals surface area contributed by atoms with Crippen LogP contribution in [-0.4, -0.2) is 10.2 Å². The van der Waals surface area contributed by atoms with Crippen LogP contribution in [0.4, 0.5) is 0 Å². The predicted octanol–water partition coefficient (Wildman–Crippen LogP) is 3.73. The molecule has 0 amide bonds. The minimum absolute atomic E-state index is 0.0861. The molecule has 2 atom stereocenters. The van der Waals surface area contributed by atoms with Crippen LogP contribution in [0, 0.1) is 6.92 Å². The van der Waals surface area contributed by atoms with E-state index in [0.717, 1.165) is 12.8 Å². The van der Waals surface area contributed by atoms with Crippen LogP contribution in [0.2, 0.25) is 0 Å². The van der Waals surface area contributed by atoms with Gasteiger partial charge in [-0.3, -0.25) is 5.10 Å². The SMILES string of the molecule is Cc1cccc(C2Cc3[nH]ncc3C(Cl)C2)c1. The van der Waals surface area contributed by atoms with Crippen molar-refractivity contribution in [1.29, 1.82) is 0 Å². The predicted molar refractivity (Wildman–Crippen MR) is 69.4 cm³/mol. The molecule has 2 unspecified atom stereocenters. The number of fused-ring (bicyclic) bond motifs is 1. The van der Waals surface area contributed by atoms with E-state index in [9.17, 15) is 0 Å². The standard InChI is InChI=1S/C14H15ClN2/c1-9-3-2-4-10(5-9)11-6-13(15)12-8-16-17-14(12)7-11/h2-5,8,11,13H,6-7H2,1H3,(H,16,17). The summed E-state index contributed by atoms with van der Waals surface area (Å²) < 4.78 is 0. The molecule has 1 N–H and O–H groups in total. The number of hydrogen-bond acceptors (Lipinski definition) is 1. The van der Waals surface area contributed by atoms with Crippen molar-refractivity contribution in [3.8, 4) is 0 Å². The van der Waals surface area contributed by atoms with Gasteiger partial charge < -0.3 is 0 Å². The first-order valence-corrected chi connectivity index (χ1v) is 6.40. The Kier molecular flexibility index (Phi) is 2.67. The molecule has 0 bridgehead atoms. The summed E-state index contributed by atoms with van der Waals surface area (Å²) in [4.78, 5) is 0. The van der Waals surface area contributed by atoms with Crippen LogP contribution in [0.25, 0.3) is 0 Å². The Hall–Kier alpha value is -1.28. The van der Waals surface area contributed by atoms with Gasteiger partial charge in [0.2, 0.25) is 0 Å². The first-order valence-electron chi connectivity index (χ1n) is 5.97. The van der Waals surface area contributed by atoms with Crippen LogP contribution in [0.3, 0.4) is 0 Å². The van der Waals surface area contributed by atoms with Gasteiger partial charge in [-0.1, -0.05) is 29.8 Å². The minimum atomic E-state index is 0.0861. The molecule has 1 aromatic carbocycles. The maximum absolute atomic E-state index is 6.41. The number of aromatic amines is 1. The van der Waals surface area contributed by atoms with Crippen LogP contribution < -0.4 is 0 Å². The van der Waals surface area contributed by atoms with Gasteiger partial charge in [0, 0.05) is 11.3 Å². The highest BCUT2D eigenvalue weighted by Gasteiger charge is 2.27. The average Bonchev–Trinajstić information content (AvgIpc) is 2.77. The molecule has 2 aromatic rings. The van der Waals surface area contributed by atoms with E-state index in [1.165, 1.54) is 22.4 Å². The normalized spacial score (nSPS) is 23.4. The zero-order chi connectivity index (χ0) is 11.8. The van der Waals surface area contributed by atoms with E-state index >= 15 is 0 Å². The fourth-order valence-corrected chi connectivity index (χ4v) is 3.04. The number of nitrogens with one attached hydrogen (secondary N) is 1. The third kappa shape index (κ3) is 1.98. The van der Waals surface area contributed by atoms with Gasteiger partial charge in [-0.25, -0.2) is 0 Å². The molecule has 1 heterocycles. The molecule has 1 aliphatic rings. The summed E-state index contributed by atoms with van der Waals surface area (Å²) >= 11 is 6.41. The van der Waals surface area contributed by atoms with Crippen LogP contribution in [-0.2, 0) is 6.42 Å². The lowest BCUT2D eigenvalue weighted by Gasteiger charge is -2.25. The Bertz CT molecular complexity index is 533. The average molecular weight is 247 g/mol. The number of aryl methyl sites for hydroxylation is 1. The molecule has 0 saturated carbocycles. The zero-order valence-corrected chi connectivity index (χ0v) is 10.5. The van der Waals surface area contributed by atoms with Crippen molar-refractivity contribution in [3.05, 3.63) is 52.8 Å². The number of nitrogens with zero attached hydrogens (tertiary/aromatic N) is 1. The second kappa shape index (κ2) is 4.19. The van der Waals surface area contributed by atoms with E-state index in [4.69, 9.17) is 11.6 Å². The Morgan fingerprint density at radius 2 is 2.29 bits per heavy atom. The van der Waals surface area contributed by atoms with E-state index in [1.807, 2.05) is 6.20 Å². The van der Waals surface area contributed by atoms with Crippen molar-refractivity contribution in [3.63, 3.8) is 0 Å². The number of H-pyrrole nitrogens is 1. The molecule has 0 radical (unpaired) electrons. The molecule has 0 saturated heterocycles. The maximum Gasteiger partial charge on any atom is 0.0624 e. The van der Waals surface area contributed by atoms with Crippen LogP contribution in [0.15, 0.2) is 30.5 Å². The molecule has 1 aromatic heterocycles. The van der Waals surface area contributed by atoms with E-state index in [1.54, 1.807) is 0 Å². The van der Waals surface area contributed by atoms with E-state index in [-0.39, 0.29) is 5.38 Å². The largest absolute Gasteiger partial charge is 0.282 e. The summed E-state index contributed by atoms with van der Waals surface area (Å²) in [5.74, 6) is 0.505. The van der Waals surface area contributed by atoms with Gasteiger partial charge in [0.1, 0.15) is 0 Å². The maximum atomic E-state index is 6.41. The summed E-state index contributed by atoms with van der Waals surface area (Å²) in [6.07, 6.45) is 3.87. The van der Waals surface area contributed by atoms with Gasteiger partial charge in [-0.05, 0) is 31.2 Å². The first-order chi connectivity index (χ1) is 8.24. The second-order valence-electron chi connectivity index (χ2n) is 4.82. The molecule has 0 fully saturated rings. The number of aromatic nitrogens is 2. The fourth-order valence-electron chi connectivity index (χ4n) is 2.64. The number of hydrogen-bond donors (Lipinski definition) is 1. The zero-order valence-electron chi connectivity index (χ0n) is 9.78. The lowest BCUT2D eigenvalue weighted by molar-refractivity contribution is 0.565. The molecule has 3 heteroatoms. The number of rotatable bonds is 1. The van der Waals surface area contributed by atoms with E-state index in [0.29, 0.717) is 5.92 Å². The van der Waals surface area contributed by atoms with Crippen LogP contribution in [0.5, 0.6) is 0 Å². The molecule has 3 rings (SSSR count). The van der Waals surface area contributed by atoms with Gasteiger partial charge in [-0.2, -0.15) is 5.10 Å². The molecule has 1 aliphatic carbocycles. The van der Waals surface area contributed by atoms with E-state index in [2.05, 4.69) is 41.4 Å². The van der Waals surface area contributed by atoms with Gasteiger partial charge in [0.25, 0.3) is 0 Å². The highest BCUT2D eigenvalue weighted by Crippen LogP contribution is 2.41. The van der Waals surface area contributed by atoms with Crippen molar-refractivity contribution in [2.24, 2.45) is 0 Å². The summed E-state index contributed by atoms with van der Waals surface area (Å²) in [7, 11) is 0. The van der Waals surface area contributed by atoms with Crippen LogP contribution >= 0.6 is 11.6 Å². The summed E-state index contributed by atoms with van der Waals surface area (Å²) in [5, 5.41) is 7.24. The highest BCUT2D eigenvalue weighted by atomic mass is 35.5. The van der Waals surface area contributed by atoms with Gasteiger partial charge >= 0.3 is 0 Å². The molecule has 0 spiro atoms. The third-order valence-electron chi connectivity index (χ3n) is 3.54. The van der Waals surface area contributed by atoms with Crippen molar-refractivity contribution in [2.45, 2.75) is 31.1 Å². The molecule has 0 aliphatic heterocycles. The van der Waals surface area contributed by atoms with Crippen LogP contribution in [0.1, 0.15) is 40.1 Å². The molecular formula is C14H15ClN2. The Labute approximate surface area is 106 Å². The van der Waals surface area contributed by atoms with Gasteiger partial charge in [-0.15, -0.1) is 11.6 Å². The third-order valence-corrected chi connectivity index (χ3v) is 3.96. The number of alkyl halides is 1. The van der Waals surface area contributed by atoms with Crippen molar-refractivity contribution in [1.82, 2.24) is 10.2 Å². The molecule has 88 valence electrons. The first kappa shape index (κ1) is 10.8. The monoisotopic (exact) mass is 246 g/mol. The number of halogens is 1. The minimum Gasteiger partial charge on any atom is -0.282 e. The smallest absolute Gasteiger partial charge is 0.0624 e. The molecular weight excluding hydrogens is 232 g/mol. The lowest BCUT2D eigenvalue weighted by Crippen LogP contribution is -2.14. The number of benzene rings is 1. The Morgan fingerprint density at radius 1 is 1.41 bits per heavy atom. The molecule has 17 heavy (non-hydrogen) atoms. The van der Waals surface area contributed by atoms with Crippen molar-refractivity contribution >= 4 is 11.6 Å². The highest BCUT2D eigenvalue weighted by molar-refractivity contribution is 6.21. The fraction of sp³-hybridized carbons (Fsp3) is 0.357. The van der Waals surface area contributed by atoms with Crippen molar-refractivity contribution in [2.75, 3.05) is 0 Å². The molecule has 2 nitrogen and oxygen atoms in total. The topological polar surface area (TPSA) is 28.7 Å². The quantitative estimate of drug-likeness (QED) is 0.764. The van der Waals surface area contributed by atoms with Gasteiger partial charge in [0.15, 0.2) is 0 Å². The van der Waals surface area contributed by atoms with Crippen molar-refractivity contribution < 1.29 is 0 Å². The van der Waals surface area contributed by atoms with Gasteiger partial charge in [0.05, 0.1) is 11.6 Å². The summed E-state index contributed by atoms with van der Waals surface area (Å²) in [6.45, 7) is 2.13. The summed E-state index contributed by atoms with van der Waals surface area (Å²) in [6, 6.07) is 8.71. The lowest BCUT2D eigenvalue weighted by atomic mass is 9.82. The Morgan fingerprint density at radius 3 is 3.12 bits per heavy atom. The van der Waals surface area contributed by atoms with E-state index < -0.39 is 0 Å².